The van der Waals surface area contributed by atoms with Gasteiger partial charge in [0.25, 0.3) is 11.8 Å². The first-order chi connectivity index (χ1) is 11.9. The van der Waals surface area contributed by atoms with Crippen LogP contribution in [0.4, 0.5) is 14.5 Å². The van der Waals surface area contributed by atoms with Crippen molar-refractivity contribution in [3.63, 3.8) is 0 Å². The molecule has 0 fully saturated rings. The Kier molecular flexibility index (Phi) is 5.78. The van der Waals surface area contributed by atoms with Crippen LogP contribution >= 0.6 is 0 Å². The summed E-state index contributed by atoms with van der Waals surface area (Å²) in [4.78, 5) is 34.7. The van der Waals surface area contributed by atoms with Crippen molar-refractivity contribution >= 4 is 23.5 Å². The van der Waals surface area contributed by atoms with Crippen molar-refractivity contribution in [3.05, 3.63) is 65.2 Å². The SMILES string of the molecule is COC(=O)CNC(=O)c1ccc(NC(=O)c2ccc(F)cc2F)cc1. The molecule has 0 spiro atoms. The highest BCUT2D eigenvalue weighted by Crippen LogP contribution is 2.14. The summed E-state index contributed by atoms with van der Waals surface area (Å²) in [6.07, 6.45) is 0. The first-order valence-electron chi connectivity index (χ1n) is 7.12. The Bertz CT molecular complexity index is 807. The second kappa shape index (κ2) is 8.00. The van der Waals surface area contributed by atoms with Crippen LogP contribution in [0.15, 0.2) is 42.5 Å². The first-order valence-corrected chi connectivity index (χ1v) is 7.12. The summed E-state index contributed by atoms with van der Waals surface area (Å²) >= 11 is 0. The molecule has 0 saturated carbocycles. The van der Waals surface area contributed by atoms with Crippen molar-refractivity contribution in [3.8, 4) is 0 Å². The minimum atomic E-state index is -0.976. The zero-order chi connectivity index (χ0) is 18.4. The molecule has 2 N–H and O–H groups in total. The van der Waals surface area contributed by atoms with Crippen LogP contribution in [0.25, 0.3) is 0 Å². The Labute approximate surface area is 141 Å². The highest BCUT2D eigenvalue weighted by molar-refractivity contribution is 6.04. The van der Waals surface area contributed by atoms with Gasteiger partial charge in [-0.2, -0.15) is 0 Å². The van der Waals surface area contributed by atoms with E-state index in [1.54, 1.807) is 0 Å². The van der Waals surface area contributed by atoms with Gasteiger partial charge in [0.1, 0.15) is 18.2 Å². The van der Waals surface area contributed by atoms with E-state index < -0.39 is 29.4 Å². The van der Waals surface area contributed by atoms with Gasteiger partial charge >= 0.3 is 5.97 Å². The molecule has 0 aromatic heterocycles. The van der Waals surface area contributed by atoms with Gasteiger partial charge in [0, 0.05) is 17.3 Å². The predicted molar refractivity (Wildman–Crippen MR) is 85.1 cm³/mol. The van der Waals surface area contributed by atoms with E-state index in [0.717, 1.165) is 12.1 Å². The lowest BCUT2D eigenvalue weighted by Crippen LogP contribution is -2.30. The molecule has 0 radical (unpaired) electrons. The number of esters is 1. The maximum atomic E-state index is 13.6. The molecule has 8 heteroatoms. The van der Waals surface area contributed by atoms with Crippen molar-refractivity contribution in [2.24, 2.45) is 0 Å². The van der Waals surface area contributed by atoms with Gasteiger partial charge in [-0.1, -0.05) is 0 Å². The highest BCUT2D eigenvalue weighted by Gasteiger charge is 2.13. The van der Waals surface area contributed by atoms with Gasteiger partial charge in [-0.25, -0.2) is 8.78 Å². The largest absolute Gasteiger partial charge is 0.468 e. The van der Waals surface area contributed by atoms with E-state index in [9.17, 15) is 23.2 Å². The van der Waals surface area contributed by atoms with Gasteiger partial charge < -0.3 is 15.4 Å². The van der Waals surface area contributed by atoms with Crippen LogP contribution < -0.4 is 10.6 Å². The molecular formula is C17H14F2N2O4. The Morgan fingerprint density at radius 3 is 2.28 bits per heavy atom. The lowest BCUT2D eigenvalue weighted by Gasteiger charge is -2.08. The number of benzene rings is 2. The molecule has 0 aliphatic heterocycles. The number of hydrogen-bond acceptors (Lipinski definition) is 4. The molecule has 2 aromatic rings. The summed E-state index contributed by atoms with van der Waals surface area (Å²) in [5.74, 6) is -3.58. The number of methoxy groups -OCH3 is 1. The molecule has 130 valence electrons. The van der Waals surface area contributed by atoms with Crippen molar-refractivity contribution < 1.29 is 27.9 Å². The normalized spacial score (nSPS) is 10.0. The lowest BCUT2D eigenvalue weighted by atomic mass is 10.1. The van der Waals surface area contributed by atoms with Crippen molar-refractivity contribution in [1.29, 1.82) is 0 Å². The molecule has 0 aliphatic carbocycles. The smallest absolute Gasteiger partial charge is 0.325 e. The topological polar surface area (TPSA) is 84.5 Å². The van der Waals surface area contributed by atoms with Crippen LogP contribution in [0.1, 0.15) is 20.7 Å². The van der Waals surface area contributed by atoms with Gasteiger partial charge in [-0.05, 0) is 36.4 Å². The number of nitrogens with one attached hydrogen (secondary N) is 2. The minimum absolute atomic E-state index is 0.259. The van der Waals surface area contributed by atoms with E-state index in [-0.39, 0.29) is 17.7 Å². The molecule has 2 rings (SSSR count). The molecular weight excluding hydrogens is 334 g/mol. The zero-order valence-electron chi connectivity index (χ0n) is 13.1. The number of carbonyl (C=O) groups is 3. The van der Waals surface area contributed by atoms with Crippen LogP contribution in [0.2, 0.25) is 0 Å². The van der Waals surface area contributed by atoms with Crippen molar-refractivity contribution in [1.82, 2.24) is 5.32 Å². The van der Waals surface area contributed by atoms with Crippen molar-refractivity contribution in [2.45, 2.75) is 0 Å². The first kappa shape index (κ1) is 18.1. The van der Waals surface area contributed by atoms with E-state index in [1.807, 2.05) is 0 Å². The van der Waals surface area contributed by atoms with E-state index in [1.165, 1.54) is 31.4 Å². The summed E-state index contributed by atoms with van der Waals surface area (Å²) in [5.41, 5.74) is 0.273. The number of ether oxygens (including phenoxy) is 1. The molecule has 6 nitrogen and oxygen atoms in total. The molecule has 0 saturated heterocycles. The highest BCUT2D eigenvalue weighted by atomic mass is 19.1. The summed E-state index contributed by atoms with van der Waals surface area (Å²) < 4.78 is 30.8. The number of halogens is 2. The fourth-order valence-corrected chi connectivity index (χ4v) is 1.90. The second-order valence-corrected chi connectivity index (χ2v) is 4.91. The maximum absolute atomic E-state index is 13.6. The van der Waals surface area contributed by atoms with Crippen LogP contribution in [0.5, 0.6) is 0 Å². The van der Waals surface area contributed by atoms with Crippen LogP contribution in [-0.2, 0) is 9.53 Å². The third-order valence-electron chi connectivity index (χ3n) is 3.20. The van der Waals surface area contributed by atoms with Gasteiger partial charge in [0.05, 0.1) is 12.7 Å². The van der Waals surface area contributed by atoms with E-state index in [2.05, 4.69) is 15.4 Å². The Morgan fingerprint density at radius 1 is 1.00 bits per heavy atom. The fourth-order valence-electron chi connectivity index (χ4n) is 1.90. The van der Waals surface area contributed by atoms with E-state index in [4.69, 9.17) is 0 Å². The fraction of sp³-hybridized carbons (Fsp3) is 0.118. The number of hydrogen-bond donors (Lipinski definition) is 2. The van der Waals surface area contributed by atoms with Gasteiger partial charge in [-0.3, -0.25) is 14.4 Å². The second-order valence-electron chi connectivity index (χ2n) is 4.91. The Morgan fingerprint density at radius 2 is 1.68 bits per heavy atom. The van der Waals surface area contributed by atoms with E-state index in [0.29, 0.717) is 11.8 Å². The average molecular weight is 348 g/mol. The monoisotopic (exact) mass is 348 g/mol. The zero-order valence-corrected chi connectivity index (χ0v) is 13.1. The molecule has 25 heavy (non-hydrogen) atoms. The molecule has 2 aromatic carbocycles. The number of amides is 2. The number of carbonyl (C=O) groups excluding carboxylic acids is 3. The van der Waals surface area contributed by atoms with Gasteiger partial charge in [0.2, 0.25) is 0 Å². The van der Waals surface area contributed by atoms with Crippen LogP contribution in [0.3, 0.4) is 0 Å². The lowest BCUT2D eigenvalue weighted by molar-refractivity contribution is -0.139. The standard InChI is InChI=1S/C17H14F2N2O4/c1-25-15(22)9-20-16(23)10-2-5-12(6-3-10)21-17(24)13-7-4-11(18)8-14(13)19/h2-8H,9H2,1H3,(H,20,23)(H,21,24). The molecule has 0 atom stereocenters. The van der Waals surface area contributed by atoms with Crippen LogP contribution in [0, 0.1) is 11.6 Å². The minimum Gasteiger partial charge on any atom is -0.468 e. The van der Waals surface area contributed by atoms with Crippen LogP contribution in [-0.4, -0.2) is 31.4 Å². The summed E-state index contributed by atoms with van der Waals surface area (Å²) in [5, 5.41) is 4.80. The predicted octanol–water partition coefficient (Wildman–Crippen LogP) is 2.12. The Balaban J connectivity index is 2.01. The quantitative estimate of drug-likeness (QED) is 0.811. The summed E-state index contributed by atoms with van der Waals surface area (Å²) in [7, 11) is 1.20. The maximum Gasteiger partial charge on any atom is 0.325 e. The molecule has 0 heterocycles. The molecule has 2 amide bonds. The van der Waals surface area contributed by atoms with Gasteiger partial charge in [0.15, 0.2) is 0 Å². The Hall–Kier alpha value is -3.29. The van der Waals surface area contributed by atoms with Gasteiger partial charge in [-0.15, -0.1) is 0 Å². The third kappa shape index (κ3) is 4.84. The summed E-state index contributed by atoms with van der Waals surface area (Å²) in [6.45, 7) is -0.266. The third-order valence-corrected chi connectivity index (χ3v) is 3.20. The molecule has 0 unspecified atom stereocenters. The molecule has 0 bridgehead atoms. The number of rotatable bonds is 5. The van der Waals surface area contributed by atoms with E-state index >= 15 is 0 Å². The van der Waals surface area contributed by atoms with Crippen molar-refractivity contribution in [2.75, 3.05) is 19.0 Å². The summed E-state index contributed by atoms with van der Waals surface area (Å²) in [6, 6.07) is 8.34. The average Bonchev–Trinajstić information content (AvgIpc) is 2.59. The number of anilines is 1. The molecule has 0 aliphatic rings.